The maximum atomic E-state index is 6.20. The lowest BCUT2D eigenvalue weighted by Crippen LogP contribution is -2.18. The van der Waals surface area contributed by atoms with E-state index < -0.39 is 0 Å². The minimum Gasteiger partial charge on any atom is -0.484 e. The van der Waals surface area contributed by atoms with E-state index in [-0.39, 0.29) is 12.6 Å². The van der Waals surface area contributed by atoms with Crippen LogP contribution in [0.3, 0.4) is 0 Å². The zero-order valence-electron chi connectivity index (χ0n) is 11.3. The summed E-state index contributed by atoms with van der Waals surface area (Å²) in [5, 5.41) is 5.02. The number of aromatic nitrogens is 3. The van der Waals surface area contributed by atoms with Crippen LogP contribution in [0.1, 0.15) is 18.3 Å². The highest BCUT2D eigenvalue weighted by atomic mass is 35.5. The Bertz CT molecular complexity index is 598. The highest BCUT2D eigenvalue weighted by Gasteiger charge is 2.13. The summed E-state index contributed by atoms with van der Waals surface area (Å²) in [5.41, 5.74) is 6.73. The van der Waals surface area contributed by atoms with E-state index in [4.69, 9.17) is 33.7 Å². The van der Waals surface area contributed by atoms with Crippen molar-refractivity contribution in [1.29, 1.82) is 0 Å². The first-order valence-corrected chi connectivity index (χ1v) is 6.92. The Labute approximate surface area is 127 Å². The van der Waals surface area contributed by atoms with Crippen LogP contribution in [-0.2, 0) is 20.1 Å². The van der Waals surface area contributed by atoms with Gasteiger partial charge >= 0.3 is 0 Å². The second-order valence-electron chi connectivity index (χ2n) is 4.65. The van der Waals surface area contributed by atoms with Crippen LogP contribution in [-0.4, -0.2) is 20.8 Å². The summed E-state index contributed by atoms with van der Waals surface area (Å²) in [4.78, 5) is 4.10. The normalized spacial score (nSPS) is 12.4. The Morgan fingerprint density at radius 2 is 2.15 bits per heavy atom. The van der Waals surface area contributed by atoms with Gasteiger partial charge in [-0.2, -0.15) is 5.10 Å². The van der Waals surface area contributed by atoms with Crippen molar-refractivity contribution in [3.05, 3.63) is 39.9 Å². The molecule has 2 rings (SSSR count). The standard InChI is InChI=1S/C13H16Cl2N4O/c1-8(16)3-9-4-10(14)5-11(15)13(9)20-6-12-17-7-18-19(12)2/h4-5,7-8H,3,6,16H2,1-2H3. The van der Waals surface area contributed by atoms with Gasteiger partial charge in [-0.25, -0.2) is 4.98 Å². The smallest absolute Gasteiger partial charge is 0.164 e. The van der Waals surface area contributed by atoms with Crippen LogP contribution in [0.15, 0.2) is 18.5 Å². The van der Waals surface area contributed by atoms with E-state index in [1.54, 1.807) is 17.8 Å². The van der Waals surface area contributed by atoms with Gasteiger partial charge in [-0.15, -0.1) is 0 Å². The number of hydrogen-bond donors (Lipinski definition) is 1. The van der Waals surface area contributed by atoms with Gasteiger partial charge in [-0.05, 0) is 31.0 Å². The molecule has 2 N–H and O–H groups in total. The molecular formula is C13H16Cl2N4O. The number of benzene rings is 1. The summed E-state index contributed by atoms with van der Waals surface area (Å²) in [6.07, 6.45) is 2.11. The third-order valence-electron chi connectivity index (χ3n) is 2.78. The quantitative estimate of drug-likeness (QED) is 0.921. The van der Waals surface area contributed by atoms with Crippen molar-refractivity contribution in [1.82, 2.24) is 14.8 Å². The molecule has 1 heterocycles. The van der Waals surface area contributed by atoms with E-state index in [9.17, 15) is 0 Å². The van der Waals surface area contributed by atoms with Crippen molar-refractivity contribution in [3.8, 4) is 5.75 Å². The summed E-state index contributed by atoms with van der Waals surface area (Å²) in [6.45, 7) is 2.20. The molecule has 0 bridgehead atoms. The molecule has 0 amide bonds. The predicted octanol–water partition coefficient (Wildman–Crippen LogP) is 2.59. The minimum absolute atomic E-state index is 0.0123. The van der Waals surface area contributed by atoms with E-state index in [0.717, 1.165) is 5.56 Å². The Morgan fingerprint density at radius 1 is 1.40 bits per heavy atom. The molecule has 1 aromatic carbocycles. The van der Waals surface area contributed by atoms with Gasteiger partial charge in [0.1, 0.15) is 18.7 Å². The molecule has 0 spiro atoms. The average molecular weight is 315 g/mol. The van der Waals surface area contributed by atoms with Gasteiger partial charge in [-0.1, -0.05) is 23.2 Å². The fourth-order valence-corrected chi connectivity index (χ4v) is 2.45. The Hall–Kier alpha value is -1.30. The lowest BCUT2D eigenvalue weighted by Gasteiger charge is -2.15. The van der Waals surface area contributed by atoms with Crippen molar-refractivity contribution in [2.75, 3.05) is 0 Å². The fraction of sp³-hybridized carbons (Fsp3) is 0.385. The van der Waals surface area contributed by atoms with Crippen LogP contribution in [0.25, 0.3) is 0 Å². The summed E-state index contributed by atoms with van der Waals surface area (Å²) < 4.78 is 7.43. The minimum atomic E-state index is -0.0123. The van der Waals surface area contributed by atoms with Gasteiger partial charge in [0.15, 0.2) is 5.82 Å². The Kier molecular flexibility index (Phi) is 4.86. The van der Waals surface area contributed by atoms with E-state index >= 15 is 0 Å². The predicted molar refractivity (Wildman–Crippen MR) is 79.2 cm³/mol. The molecule has 0 saturated carbocycles. The summed E-state index contributed by atoms with van der Waals surface area (Å²) in [6, 6.07) is 3.46. The molecule has 5 nitrogen and oxygen atoms in total. The molecule has 108 valence electrons. The first-order chi connectivity index (χ1) is 9.47. The number of hydrogen-bond acceptors (Lipinski definition) is 4. The van der Waals surface area contributed by atoms with Crippen molar-refractivity contribution >= 4 is 23.2 Å². The van der Waals surface area contributed by atoms with Crippen LogP contribution in [0.2, 0.25) is 10.0 Å². The van der Waals surface area contributed by atoms with E-state index in [1.165, 1.54) is 6.33 Å². The number of aryl methyl sites for hydroxylation is 1. The molecule has 0 aliphatic heterocycles. The summed E-state index contributed by atoms with van der Waals surface area (Å²) >= 11 is 12.2. The highest BCUT2D eigenvalue weighted by Crippen LogP contribution is 2.33. The van der Waals surface area contributed by atoms with E-state index in [0.29, 0.717) is 28.0 Å². The van der Waals surface area contributed by atoms with Crippen LogP contribution in [0.5, 0.6) is 5.75 Å². The highest BCUT2D eigenvalue weighted by molar-refractivity contribution is 6.35. The lowest BCUT2D eigenvalue weighted by molar-refractivity contribution is 0.286. The topological polar surface area (TPSA) is 66.0 Å². The fourth-order valence-electron chi connectivity index (χ4n) is 1.86. The first kappa shape index (κ1) is 15.1. The zero-order chi connectivity index (χ0) is 14.7. The van der Waals surface area contributed by atoms with Crippen molar-refractivity contribution in [2.45, 2.75) is 26.0 Å². The van der Waals surface area contributed by atoms with Crippen LogP contribution >= 0.6 is 23.2 Å². The SMILES string of the molecule is CC(N)Cc1cc(Cl)cc(Cl)c1OCc1ncnn1C. The molecule has 0 aliphatic carbocycles. The molecule has 0 aliphatic rings. The number of ether oxygens (including phenoxy) is 1. The lowest BCUT2D eigenvalue weighted by atomic mass is 10.1. The number of halogens is 2. The molecule has 0 saturated heterocycles. The Morgan fingerprint density at radius 3 is 2.75 bits per heavy atom. The molecular weight excluding hydrogens is 299 g/mol. The van der Waals surface area contributed by atoms with Gasteiger partial charge in [0, 0.05) is 18.1 Å². The molecule has 1 unspecified atom stereocenters. The van der Waals surface area contributed by atoms with Crippen molar-refractivity contribution < 1.29 is 4.74 Å². The molecule has 0 radical (unpaired) electrons. The summed E-state index contributed by atoms with van der Waals surface area (Å²) in [7, 11) is 1.80. The maximum absolute atomic E-state index is 6.20. The van der Waals surface area contributed by atoms with E-state index in [2.05, 4.69) is 10.1 Å². The second-order valence-corrected chi connectivity index (χ2v) is 5.49. The zero-order valence-corrected chi connectivity index (χ0v) is 12.8. The monoisotopic (exact) mass is 314 g/mol. The molecule has 1 atom stereocenters. The number of rotatable bonds is 5. The number of nitrogens with zero attached hydrogens (tertiary/aromatic N) is 3. The number of nitrogens with two attached hydrogens (primary N) is 1. The third kappa shape index (κ3) is 3.62. The van der Waals surface area contributed by atoms with Crippen molar-refractivity contribution in [3.63, 3.8) is 0 Å². The van der Waals surface area contributed by atoms with Crippen LogP contribution in [0.4, 0.5) is 0 Å². The second kappa shape index (κ2) is 6.43. The third-order valence-corrected chi connectivity index (χ3v) is 3.28. The van der Waals surface area contributed by atoms with Gasteiger partial charge < -0.3 is 10.5 Å². The van der Waals surface area contributed by atoms with Gasteiger partial charge in [0.05, 0.1) is 5.02 Å². The summed E-state index contributed by atoms with van der Waals surface area (Å²) in [5.74, 6) is 1.30. The van der Waals surface area contributed by atoms with Crippen LogP contribution < -0.4 is 10.5 Å². The first-order valence-electron chi connectivity index (χ1n) is 6.16. The molecule has 1 aromatic heterocycles. The molecule has 2 aromatic rings. The van der Waals surface area contributed by atoms with Gasteiger partial charge in [0.25, 0.3) is 0 Å². The molecule has 20 heavy (non-hydrogen) atoms. The van der Waals surface area contributed by atoms with E-state index in [1.807, 2.05) is 13.0 Å². The Balaban J connectivity index is 2.23. The average Bonchev–Trinajstić information content (AvgIpc) is 2.73. The molecule has 7 heteroatoms. The maximum Gasteiger partial charge on any atom is 0.164 e. The van der Waals surface area contributed by atoms with Gasteiger partial charge in [-0.3, -0.25) is 4.68 Å². The van der Waals surface area contributed by atoms with Crippen molar-refractivity contribution in [2.24, 2.45) is 12.8 Å². The largest absolute Gasteiger partial charge is 0.484 e. The van der Waals surface area contributed by atoms with Crippen LogP contribution in [0, 0.1) is 0 Å². The van der Waals surface area contributed by atoms with Gasteiger partial charge in [0.2, 0.25) is 0 Å². The molecule has 0 fully saturated rings.